The second-order valence-corrected chi connectivity index (χ2v) is 9.86. The highest BCUT2D eigenvalue weighted by Crippen LogP contribution is 2.29. The zero-order valence-corrected chi connectivity index (χ0v) is 17.9. The number of rotatable bonds is 4. The molecular formula is C21H22ClN3O3S. The predicted octanol–water partition coefficient (Wildman–Crippen LogP) is 3.41. The van der Waals surface area contributed by atoms with Crippen molar-refractivity contribution < 1.29 is 8.42 Å². The summed E-state index contributed by atoms with van der Waals surface area (Å²) in [5, 5.41) is 0.622. The van der Waals surface area contributed by atoms with Crippen molar-refractivity contribution in [3.8, 4) is 5.69 Å². The first-order chi connectivity index (χ1) is 13.7. The van der Waals surface area contributed by atoms with Crippen molar-refractivity contribution in [2.45, 2.75) is 31.3 Å². The molecule has 2 aromatic carbocycles. The van der Waals surface area contributed by atoms with E-state index < -0.39 is 9.84 Å². The first kappa shape index (κ1) is 19.8. The highest BCUT2D eigenvalue weighted by Gasteiger charge is 2.21. The Balaban J connectivity index is 1.67. The maximum absolute atomic E-state index is 13.0. The number of halogens is 1. The molecule has 0 fully saturated rings. The molecule has 1 aliphatic heterocycles. The van der Waals surface area contributed by atoms with Crippen molar-refractivity contribution in [3.05, 3.63) is 75.4 Å². The van der Waals surface area contributed by atoms with E-state index in [4.69, 9.17) is 11.6 Å². The average Bonchev–Trinajstić information content (AvgIpc) is 2.95. The van der Waals surface area contributed by atoms with E-state index >= 15 is 0 Å². The van der Waals surface area contributed by atoms with Gasteiger partial charge in [-0.05, 0) is 67.8 Å². The number of fused-ring (bicyclic) bond motifs is 1. The molecule has 0 amide bonds. The van der Waals surface area contributed by atoms with Crippen molar-refractivity contribution in [2.75, 3.05) is 17.7 Å². The predicted molar refractivity (Wildman–Crippen MR) is 115 cm³/mol. The lowest BCUT2D eigenvalue weighted by Crippen LogP contribution is -2.35. The van der Waals surface area contributed by atoms with E-state index in [-0.39, 0.29) is 5.69 Å². The van der Waals surface area contributed by atoms with Crippen molar-refractivity contribution >= 4 is 27.1 Å². The molecule has 6 nitrogen and oxygen atoms in total. The molecule has 0 aliphatic carbocycles. The number of aromatic nitrogens is 2. The molecule has 0 spiro atoms. The van der Waals surface area contributed by atoms with E-state index in [0.717, 1.165) is 42.0 Å². The molecule has 0 atom stereocenters. The molecule has 152 valence electrons. The van der Waals surface area contributed by atoms with Crippen LogP contribution in [0, 0.1) is 6.92 Å². The first-order valence-corrected chi connectivity index (χ1v) is 11.6. The summed E-state index contributed by atoms with van der Waals surface area (Å²) >= 11 is 5.96. The van der Waals surface area contributed by atoms with Gasteiger partial charge in [-0.25, -0.2) is 13.2 Å². The van der Waals surface area contributed by atoms with Gasteiger partial charge in [0.2, 0.25) is 0 Å². The molecule has 1 aromatic heterocycles. The van der Waals surface area contributed by atoms with Crippen molar-refractivity contribution in [3.63, 3.8) is 0 Å². The monoisotopic (exact) mass is 431 g/mol. The van der Waals surface area contributed by atoms with Gasteiger partial charge in [0.15, 0.2) is 9.84 Å². The van der Waals surface area contributed by atoms with Crippen LogP contribution in [0.4, 0.5) is 5.69 Å². The van der Waals surface area contributed by atoms with Gasteiger partial charge in [0, 0.05) is 35.4 Å². The fraction of sp³-hybridized carbons (Fsp3) is 0.286. The summed E-state index contributed by atoms with van der Waals surface area (Å²) in [6.45, 7) is 3.11. The third-order valence-electron chi connectivity index (χ3n) is 5.23. The fourth-order valence-corrected chi connectivity index (χ4v) is 4.63. The number of benzene rings is 2. The summed E-state index contributed by atoms with van der Waals surface area (Å²) in [6, 6.07) is 12.4. The third-order valence-corrected chi connectivity index (χ3v) is 6.60. The van der Waals surface area contributed by atoms with E-state index in [1.165, 1.54) is 6.26 Å². The SMILES string of the molecule is Cc1cn(CN2CCCc3cc(S(C)(=O)=O)ccc32)c(=O)n1-c1ccc(Cl)cc1. The van der Waals surface area contributed by atoms with Gasteiger partial charge in [-0.2, -0.15) is 0 Å². The highest BCUT2D eigenvalue weighted by atomic mass is 35.5. The van der Waals surface area contributed by atoms with Gasteiger partial charge < -0.3 is 4.90 Å². The van der Waals surface area contributed by atoms with Crippen molar-refractivity contribution in [1.82, 2.24) is 9.13 Å². The molecule has 0 saturated carbocycles. The van der Waals surface area contributed by atoms with Gasteiger partial charge in [-0.3, -0.25) is 9.13 Å². The Morgan fingerprint density at radius 1 is 1.10 bits per heavy atom. The number of hydrogen-bond donors (Lipinski definition) is 0. The van der Waals surface area contributed by atoms with Crippen LogP contribution in [0.25, 0.3) is 5.69 Å². The Bertz CT molecular complexity index is 1230. The standard InChI is InChI=1S/C21H22ClN3O3S/c1-15-13-24(21(26)25(15)18-7-5-17(22)6-8-18)14-23-11-3-4-16-12-19(29(2,27)28)9-10-20(16)23/h5-10,12-13H,3-4,11,14H2,1-2H3. The molecule has 8 heteroatoms. The summed E-state index contributed by atoms with van der Waals surface area (Å²) in [6.07, 6.45) is 4.80. The zero-order chi connectivity index (χ0) is 20.8. The summed E-state index contributed by atoms with van der Waals surface area (Å²) in [4.78, 5) is 15.5. The number of sulfone groups is 1. The van der Waals surface area contributed by atoms with Gasteiger partial charge >= 0.3 is 5.69 Å². The largest absolute Gasteiger partial charge is 0.353 e. The van der Waals surface area contributed by atoms with E-state index in [2.05, 4.69) is 4.90 Å². The minimum atomic E-state index is -3.24. The van der Waals surface area contributed by atoms with Gasteiger partial charge in [0.05, 0.1) is 17.3 Å². The normalized spacial score (nSPS) is 14.1. The number of anilines is 1. The Hall–Kier alpha value is -2.51. The molecule has 0 N–H and O–H groups in total. The van der Waals surface area contributed by atoms with Gasteiger partial charge in [-0.1, -0.05) is 11.6 Å². The molecule has 4 rings (SSSR count). The second kappa shape index (κ2) is 7.39. The Labute approximate surface area is 174 Å². The molecular weight excluding hydrogens is 410 g/mol. The molecule has 0 radical (unpaired) electrons. The Morgan fingerprint density at radius 3 is 2.52 bits per heavy atom. The molecule has 1 aliphatic rings. The number of aryl methyl sites for hydroxylation is 2. The van der Waals surface area contributed by atoms with E-state index in [1.807, 2.05) is 31.3 Å². The Morgan fingerprint density at radius 2 is 1.83 bits per heavy atom. The van der Waals surface area contributed by atoms with Crippen LogP contribution >= 0.6 is 11.6 Å². The molecule has 3 aromatic rings. The van der Waals surface area contributed by atoms with Crippen molar-refractivity contribution in [1.29, 1.82) is 0 Å². The van der Waals surface area contributed by atoms with Gasteiger partial charge in [0.25, 0.3) is 0 Å². The molecule has 0 saturated heterocycles. The van der Waals surface area contributed by atoms with Crippen LogP contribution in [0.15, 0.2) is 58.4 Å². The minimum Gasteiger partial charge on any atom is -0.353 e. The maximum Gasteiger partial charge on any atom is 0.334 e. The minimum absolute atomic E-state index is 0.121. The highest BCUT2D eigenvalue weighted by molar-refractivity contribution is 7.90. The Kier molecular flexibility index (Phi) is 5.04. The van der Waals surface area contributed by atoms with Crippen LogP contribution < -0.4 is 10.6 Å². The fourth-order valence-electron chi connectivity index (χ4n) is 3.84. The molecule has 0 unspecified atom stereocenters. The smallest absolute Gasteiger partial charge is 0.334 e. The first-order valence-electron chi connectivity index (χ1n) is 9.37. The molecule has 0 bridgehead atoms. The van der Waals surface area contributed by atoms with Gasteiger partial charge in [-0.15, -0.1) is 0 Å². The van der Waals surface area contributed by atoms with E-state index in [9.17, 15) is 13.2 Å². The number of imidazole rings is 1. The van der Waals surface area contributed by atoms with Crippen LogP contribution in [0.5, 0.6) is 0 Å². The third kappa shape index (κ3) is 3.84. The lowest BCUT2D eigenvalue weighted by atomic mass is 10.0. The second-order valence-electron chi connectivity index (χ2n) is 7.41. The summed E-state index contributed by atoms with van der Waals surface area (Å²) in [5.74, 6) is 0. The average molecular weight is 432 g/mol. The van der Waals surface area contributed by atoms with Crippen molar-refractivity contribution in [2.24, 2.45) is 0 Å². The summed E-state index contributed by atoms with van der Waals surface area (Å²) in [7, 11) is -3.24. The van der Waals surface area contributed by atoms with Gasteiger partial charge in [0.1, 0.15) is 0 Å². The molecule has 2 heterocycles. The van der Waals surface area contributed by atoms with Crippen LogP contribution in [-0.4, -0.2) is 30.4 Å². The van der Waals surface area contributed by atoms with E-state index in [1.54, 1.807) is 33.4 Å². The van der Waals surface area contributed by atoms with Crippen LogP contribution in [-0.2, 0) is 22.9 Å². The summed E-state index contributed by atoms with van der Waals surface area (Å²) < 4.78 is 27.1. The molecule has 29 heavy (non-hydrogen) atoms. The number of hydrogen-bond acceptors (Lipinski definition) is 4. The topological polar surface area (TPSA) is 64.3 Å². The number of nitrogens with zero attached hydrogens (tertiary/aromatic N) is 3. The maximum atomic E-state index is 13.0. The van der Waals surface area contributed by atoms with Crippen LogP contribution in [0.1, 0.15) is 17.7 Å². The van der Waals surface area contributed by atoms with Crippen LogP contribution in [0.3, 0.4) is 0 Å². The summed E-state index contributed by atoms with van der Waals surface area (Å²) in [5.41, 5.74) is 3.47. The zero-order valence-electron chi connectivity index (χ0n) is 16.3. The van der Waals surface area contributed by atoms with E-state index in [0.29, 0.717) is 16.6 Å². The lowest BCUT2D eigenvalue weighted by molar-refractivity contribution is 0.580. The lowest BCUT2D eigenvalue weighted by Gasteiger charge is -2.31. The van der Waals surface area contributed by atoms with Crippen LogP contribution in [0.2, 0.25) is 5.02 Å². The quantitative estimate of drug-likeness (QED) is 0.635.